The Balaban J connectivity index is 1.77. The highest BCUT2D eigenvalue weighted by molar-refractivity contribution is 5.90. The van der Waals surface area contributed by atoms with E-state index in [1.807, 2.05) is 66.7 Å². The third-order valence-corrected chi connectivity index (χ3v) is 6.83. The van der Waals surface area contributed by atoms with Gasteiger partial charge in [0.2, 0.25) is 0 Å². The van der Waals surface area contributed by atoms with Crippen LogP contribution in [0.3, 0.4) is 0 Å². The molecular weight excluding hydrogens is 444 g/mol. The van der Waals surface area contributed by atoms with E-state index in [4.69, 9.17) is 9.47 Å². The van der Waals surface area contributed by atoms with Gasteiger partial charge in [0.1, 0.15) is 11.5 Å². The summed E-state index contributed by atoms with van der Waals surface area (Å²) in [5.41, 5.74) is 8.03. The highest BCUT2D eigenvalue weighted by Crippen LogP contribution is 2.52. The smallest absolute Gasteiger partial charge is 0.119 e. The third kappa shape index (κ3) is 4.22. The monoisotopic (exact) mass is 468 g/mol. The Labute approximate surface area is 211 Å². The van der Waals surface area contributed by atoms with Gasteiger partial charge in [0, 0.05) is 11.8 Å². The van der Waals surface area contributed by atoms with Gasteiger partial charge >= 0.3 is 0 Å². The van der Waals surface area contributed by atoms with Crippen LogP contribution in [0.5, 0.6) is 11.5 Å². The molecular formula is C32H24N2O2. The summed E-state index contributed by atoms with van der Waals surface area (Å²) in [7, 11) is 3.35. The standard InChI is InChI=1S/C32H24N2O2/c1-35-27-13-11-25(12-14-27)31-29-16-15-28(36-2)17-26(29)18-30(23-7-3-21(19-33)4-8-23)32(31)24-9-5-22(20-34)6-10-24/h3-18,31-32H,1-2H3/t31-,32-/m1/s1. The number of hydrogen-bond acceptors (Lipinski definition) is 4. The fourth-order valence-electron chi connectivity index (χ4n) is 5.02. The van der Waals surface area contributed by atoms with Gasteiger partial charge in [-0.25, -0.2) is 0 Å². The lowest BCUT2D eigenvalue weighted by molar-refractivity contribution is 0.414. The van der Waals surface area contributed by atoms with Crippen molar-refractivity contribution in [1.29, 1.82) is 10.5 Å². The van der Waals surface area contributed by atoms with Crippen molar-refractivity contribution in [3.8, 4) is 23.6 Å². The van der Waals surface area contributed by atoms with Crippen molar-refractivity contribution >= 4 is 11.6 Å². The van der Waals surface area contributed by atoms with E-state index in [1.165, 1.54) is 5.56 Å². The van der Waals surface area contributed by atoms with E-state index < -0.39 is 0 Å². The van der Waals surface area contributed by atoms with Gasteiger partial charge in [-0.3, -0.25) is 0 Å². The summed E-state index contributed by atoms with van der Waals surface area (Å²) in [5.74, 6) is 1.61. The van der Waals surface area contributed by atoms with E-state index in [-0.39, 0.29) is 11.8 Å². The fraction of sp³-hybridized carbons (Fsp3) is 0.125. The topological polar surface area (TPSA) is 66.0 Å². The molecule has 0 saturated carbocycles. The van der Waals surface area contributed by atoms with Crippen molar-refractivity contribution in [3.05, 3.63) is 130 Å². The zero-order chi connectivity index (χ0) is 25.1. The molecule has 0 radical (unpaired) electrons. The Morgan fingerprint density at radius 2 is 1.14 bits per heavy atom. The van der Waals surface area contributed by atoms with Crippen LogP contribution in [0.15, 0.2) is 91.0 Å². The molecule has 0 amide bonds. The average molecular weight is 469 g/mol. The highest BCUT2D eigenvalue weighted by atomic mass is 16.5. The van der Waals surface area contributed by atoms with Crippen LogP contribution in [0.25, 0.3) is 11.6 Å². The zero-order valence-corrected chi connectivity index (χ0v) is 20.1. The SMILES string of the molecule is COc1ccc([C@@H]2c3ccc(OC)cc3C=C(c3ccc(C#N)cc3)[C@H]2c2ccc(C#N)cc2)cc1. The lowest BCUT2D eigenvalue weighted by Gasteiger charge is -2.36. The molecule has 0 unspecified atom stereocenters. The molecule has 0 spiro atoms. The van der Waals surface area contributed by atoms with Crippen molar-refractivity contribution < 1.29 is 9.47 Å². The van der Waals surface area contributed by atoms with Crippen molar-refractivity contribution in [3.63, 3.8) is 0 Å². The summed E-state index contributed by atoms with van der Waals surface area (Å²) in [6, 6.07) is 34.5. The molecule has 1 aliphatic rings. The first-order valence-electron chi connectivity index (χ1n) is 11.7. The molecule has 1 aliphatic carbocycles. The lowest BCUT2D eigenvalue weighted by atomic mass is 9.67. The molecule has 5 rings (SSSR count). The van der Waals surface area contributed by atoms with Gasteiger partial charge in [-0.1, -0.05) is 48.5 Å². The first-order chi connectivity index (χ1) is 17.6. The van der Waals surface area contributed by atoms with Crippen LogP contribution < -0.4 is 9.47 Å². The molecule has 4 aromatic carbocycles. The zero-order valence-electron chi connectivity index (χ0n) is 20.1. The van der Waals surface area contributed by atoms with E-state index in [0.717, 1.165) is 39.3 Å². The van der Waals surface area contributed by atoms with Gasteiger partial charge in [0.15, 0.2) is 0 Å². The van der Waals surface area contributed by atoms with Crippen LogP contribution in [0, 0.1) is 22.7 Å². The normalized spacial score (nSPS) is 16.2. The number of allylic oxidation sites excluding steroid dienone is 1. The second kappa shape index (κ2) is 9.82. The van der Waals surface area contributed by atoms with E-state index in [9.17, 15) is 10.5 Å². The fourth-order valence-corrected chi connectivity index (χ4v) is 5.02. The van der Waals surface area contributed by atoms with E-state index in [0.29, 0.717) is 11.1 Å². The molecule has 36 heavy (non-hydrogen) atoms. The molecule has 0 heterocycles. The Kier molecular flexibility index (Phi) is 6.27. The Morgan fingerprint density at radius 1 is 0.611 bits per heavy atom. The van der Waals surface area contributed by atoms with Gasteiger partial charge in [-0.2, -0.15) is 10.5 Å². The first-order valence-corrected chi connectivity index (χ1v) is 11.7. The third-order valence-electron chi connectivity index (χ3n) is 6.83. The minimum Gasteiger partial charge on any atom is -0.497 e. The van der Waals surface area contributed by atoms with Gasteiger partial charge < -0.3 is 9.47 Å². The molecule has 0 N–H and O–H groups in total. The molecule has 4 nitrogen and oxygen atoms in total. The minimum absolute atomic E-state index is 0.0139. The van der Waals surface area contributed by atoms with Crippen LogP contribution in [0.1, 0.15) is 50.8 Å². The Bertz CT molecular complexity index is 1500. The number of rotatable bonds is 5. The lowest BCUT2D eigenvalue weighted by Crippen LogP contribution is -2.19. The van der Waals surface area contributed by atoms with Gasteiger partial charge in [-0.05, 0) is 81.9 Å². The number of ether oxygens (including phenoxy) is 2. The van der Waals surface area contributed by atoms with Gasteiger partial charge in [0.25, 0.3) is 0 Å². The summed E-state index contributed by atoms with van der Waals surface area (Å²) in [5, 5.41) is 18.7. The molecule has 0 aliphatic heterocycles. The average Bonchev–Trinajstić information content (AvgIpc) is 2.96. The summed E-state index contributed by atoms with van der Waals surface area (Å²) in [6.07, 6.45) is 2.22. The molecule has 4 heteroatoms. The number of benzene rings is 4. The van der Waals surface area contributed by atoms with Gasteiger partial charge in [-0.15, -0.1) is 0 Å². The van der Waals surface area contributed by atoms with Crippen molar-refractivity contribution in [2.45, 2.75) is 11.8 Å². The molecule has 0 bridgehead atoms. The van der Waals surface area contributed by atoms with E-state index in [2.05, 4.69) is 42.5 Å². The Hall–Kier alpha value is -4.80. The molecule has 4 aromatic rings. The number of nitrogens with zero attached hydrogens (tertiary/aromatic N) is 2. The first kappa shape index (κ1) is 23.0. The van der Waals surface area contributed by atoms with E-state index in [1.54, 1.807) is 14.2 Å². The summed E-state index contributed by atoms with van der Waals surface area (Å²) in [6.45, 7) is 0. The molecule has 0 saturated heterocycles. The number of methoxy groups -OCH3 is 2. The largest absolute Gasteiger partial charge is 0.497 e. The van der Waals surface area contributed by atoms with Crippen LogP contribution >= 0.6 is 0 Å². The van der Waals surface area contributed by atoms with Crippen molar-refractivity contribution in [1.82, 2.24) is 0 Å². The molecule has 2 atom stereocenters. The number of hydrogen-bond donors (Lipinski definition) is 0. The molecule has 174 valence electrons. The summed E-state index contributed by atoms with van der Waals surface area (Å²) in [4.78, 5) is 0. The Morgan fingerprint density at radius 3 is 1.72 bits per heavy atom. The van der Waals surface area contributed by atoms with E-state index >= 15 is 0 Å². The predicted molar refractivity (Wildman–Crippen MR) is 141 cm³/mol. The summed E-state index contributed by atoms with van der Waals surface area (Å²) < 4.78 is 11.0. The molecule has 0 fully saturated rings. The maximum atomic E-state index is 9.37. The molecule has 0 aromatic heterocycles. The maximum Gasteiger partial charge on any atom is 0.119 e. The van der Waals surface area contributed by atoms with Crippen LogP contribution in [0.2, 0.25) is 0 Å². The van der Waals surface area contributed by atoms with Crippen molar-refractivity contribution in [2.24, 2.45) is 0 Å². The van der Waals surface area contributed by atoms with Crippen molar-refractivity contribution in [2.75, 3.05) is 14.2 Å². The van der Waals surface area contributed by atoms with Crippen LogP contribution in [-0.2, 0) is 0 Å². The minimum atomic E-state index is -0.0139. The summed E-state index contributed by atoms with van der Waals surface area (Å²) >= 11 is 0. The second-order valence-corrected chi connectivity index (χ2v) is 8.75. The highest BCUT2D eigenvalue weighted by Gasteiger charge is 2.35. The number of nitriles is 2. The van der Waals surface area contributed by atoms with Crippen LogP contribution in [-0.4, -0.2) is 14.2 Å². The van der Waals surface area contributed by atoms with Gasteiger partial charge in [0.05, 0.1) is 37.5 Å². The second-order valence-electron chi connectivity index (χ2n) is 8.75. The van der Waals surface area contributed by atoms with Crippen LogP contribution in [0.4, 0.5) is 0 Å². The maximum absolute atomic E-state index is 9.37. The quantitative estimate of drug-likeness (QED) is 0.319. The number of fused-ring (bicyclic) bond motifs is 1. The predicted octanol–water partition coefficient (Wildman–Crippen LogP) is 6.92.